The van der Waals surface area contributed by atoms with Crippen molar-refractivity contribution in [2.24, 2.45) is 0 Å². The lowest BCUT2D eigenvalue weighted by Crippen LogP contribution is -2.46. The molecule has 0 spiro atoms. The van der Waals surface area contributed by atoms with Crippen LogP contribution in [0.1, 0.15) is 6.42 Å². The molecule has 4 nitrogen and oxygen atoms in total. The molecule has 0 aromatic heterocycles. The van der Waals surface area contributed by atoms with E-state index in [4.69, 9.17) is 0 Å². The minimum Gasteiger partial charge on any atom is -0.374 e. The lowest BCUT2D eigenvalue weighted by atomic mass is 10.3. The van der Waals surface area contributed by atoms with Gasteiger partial charge in [0.25, 0.3) is 0 Å². The number of hydrogen-bond acceptors (Lipinski definition) is 3. The third-order valence-electron chi connectivity index (χ3n) is 2.54. The second kappa shape index (κ2) is 6.89. The highest BCUT2D eigenvalue weighted by Gasteiger charge is 2.40. The van der Waals surface area contributed by atoms with Crippen LogP contribution in [0.3, 0.4) is 0 Å². The Balaban J connectivity index is 2.15. The Kier molecular flexibility index (Phi) is 5.80. The zero-order valence-electron chi connectivity index (χ0n) is 9.80. The molecule has 8 heteroatoms. The number of halogens is 4. The van der Waals surface area contributed by atoms with Crippen molar-refractivity contribution in [3.05, 3.63) is 0 Å². The van der Waals surface area contributed by atoms with Gasteiger partial charge in [-0.05, 0) is 0 Å². The van der Waals surface area contributed by atoms with Gasteiger partial charge in [0.2, 0.25) is 5.91 Å². The molecule has 1 aliphatic rings. The summed E-state index contributed by atoms with van der Waals surface area (Å²) in [7, 11) is 0. The normalized spacial score (nSPS) is 17.3. The zero-order valence-corrected chi connectivity index (χ0v) is 9.80. The Morgan fingerprint density at radius 2 is 1.94 bits per heavy atom. The summed E-state index contributed by atoms with van der Waals surface area (Å²) in [6, 6.07) is 0. The maximum absolute atomic E-state index is 12.4. The number of alkyl halides is 4. The minimum atomic E-state index is -4.15. The molecule has 0 unspecified atom stereocenters. The third kappa shape index (κ3) is 4.77. The van der Waals surface area contributed by atoms with Crippen LogP contribution in [0.5, 0.6) is 0 Å². The fourth-order valence-electron chi connectivity index (χ4n) is 1.50. The van der Waals surface area contributed by atoms with Crippen LogP contribution in [0, 0.1) is 0 Å². The molecular weight excluding hydrogens is 256 g/mol. The van der Waals surface area contributed by atoms with Crippen molar-refractivity contribution in [1.82, 2.24) is 10.2 Å². The number of ether oxygens (including phenoxy) is 1. The van der Waals surface area contributed by atoms with Crippen molar-refractivity contribution >= 4 is 5.91 Å². The first-order chi connectivity index (χ1) is 8.43. The van der Waals surface area contributed by atoms with Gasteiger partial charge < -0.3 is 15.0 Å². The first-order valence-corrected chi connectivity index (χ1v) is 5.65. The van der Waals surface area contributed by atoms with Crippen molar-refractivity contribution in [3.63, 3.8) is 0 Å². The van der Waals surface area contributed by atoms with Crippen LogP contribution in [0.15, 0.2) is 0 Å². The van der Waals surface area contributed by atoms with Gasteiger partial charge in [0.15, 0.2) is 0 Å². The van der Waals surface area contributed by atoms with Crippen LogP contribution in [0.25, 0.3) is 0 Å². The van der Waals surface area contributed by atoms with E-state index in [-0.39, 0.29) is 18.9 Å². The Hall–Kier alpha value is -0.890. The molecule has 106 valence electrons. The summed E-state index contributed by atoms with van der Waals surface area (Å²) < 4.78 is 52.9. The van der Waals surface area contributed by atoms with Crippen molar-refractivity contribution in [3.8, 4) is 0 Å². The minimum absolute atomic E-state index is 0.0701. The van der Waals surface area contributed by atoms with Gasteiger partial charge in [-0.2, -0.15) is 8.78 Å². The van der Waals surface area contributed by atoms with Crippen LogP contribution in [-0.4, -0.2) is 62.5 Å². The molecule has 1 amide bonds. The number of carbonyl (C=O) groups is 1. The summed E-state index contributed by atoms with van der Waals surface area (Å²) in [5.74, 6) is -4.37. The fourth-order valence-corrected chi connectivity index (χ4v) is 1.50. The number of carbonyl (C=O) groups excluding carboxylic acids is 1. The predicted octanol–water partition coefficient (Wildman–Crippen LogP) is 0.725. The third-order valence-corrected chi connectivity index (χ3v) is 2.54. The number of nitrogens with zero attached hydrogens (tertiary/aromatic N) is 1. The monoisotopic (exact) mass is 272 g/mol. The second-order valence-electron chi connectivity index (χ2n) is 4.00. The lowest BCUT2D eigenvalue weighted by molar-refractivity contribution is -0.167. The number of amides is 1. The molecule has 0 saturated carbocycles. The van der Waals surface area contributed by atoms with Crippen molar-refractivity contribution in [2.75, 3.05) is 39.4 Å². The van der Waals surface area contributed by atoms with E-state index in [0.717, 1.165) is 0 Å². The van der Waals surface area contributed by atoms with Crippen LogP contribution in [0.2, 0.25) is 0 Å². The van der Waals surface area contributed by atoms with Gasteiger partial charge in [-0.15, -0.1) is 0 Å². The van der Waals surface area contributed by atoms with Crippen LogP contribution in [-0.2, 0) is 9.53 Å². The topological polar surface area (TPSA) is 41.6 Å². The first-order valence-electron chi connectivity index (χ1n) is 5.65. The SMILES string of the molecule is O=C(CCOCC(F)(F)C(F)F)N1CCNCC1. The largest absolute Gasteiger partial charge is 0.374 e. The van der Waals surface area contributed by atoms with E-state index in [1.807, 2.05) is 0 Å². The van der Waals surface area contributed by atoms with E-state index < -0.39 is 19.0 Å². The highest BCUT2D eigenvalue weighted by Crippen LogP contribution is 2.22. The number of piperazine rings is 1. The van der Waals surface area contributed by atoms with E-state index in [1.165, 1.54) is 0 Å². The molecule has 1 aliphatic heterocycles. The molecular formula is C10H16F4N2O2. The highest BCUT2D eigenvalue weighted by atomic mass is 19.3. The van der Waals surface area contributed by atoms with Gasteiger partial charge in [0, 0.05) is 26.2 Å². The number of rotatable bonds is 6. The molecule has 1 N–H and O–H groups in total. The maximum atomic E-state index is 12.4. The highest BCUT2D eigenvalue weighted by molar-refractivity contribution is 5.76. The fraction of sp³-hybridized carbons (Fsp3) is 0.900. The average molecular weight is 272 g/mol. The van der Waals surface area contributed by atoms with Crippen LogP contribution in [0.4, 0.5) is 17.6 Å². The van der Waals surface area contributed by atoms with Gasteiger partial charge in [0.05, 0.1) is 13.0 Å². The summed E-state index contributed by atoms with van der Waals surface area (Å²) in [5.41, 5.74) is 0. The summed E-state index contributed by atoms with van der Waals surface area (Å²) in [6.07, 6.45) is -3.82. The zero-order chi connectivity index (χ0) is 13.6. The summed E-state index contributed by atoms with van der Waals surface area (Å²) in [6.45, 7) is 0.870. The Morgan fingerprint density at radius 3 is 2.50 bits per heavy atom. The standard InChI is InChI=1S/C10H16F4N2O2/c11-9(12)10(13,14)7-18-6-1-8(17)16-4-2-15-3-5-16/h9,15H,1-7H2. The predicted molar refractivity (Wildman–Crippen MR) is 55.8 cm³/mol. The van der Waals surface area contributed by atoms with Crippen LogP contribution >= 0.6 is 0 Å². The molecule has 0 bridgehead atoms. The molecule has 0 aromatic carbocycles. The first kappa shape index (κ1) is 15.2. The smallest absolute Gasteiger partial charge is 0.330 e. The van der Waals surface area contributed by atoms with Crippen LogP contribution < -0.4 is 5.32 Å². The van der Waals surface area contributed by atoms with E-state index in [0.29, 0.717) is 26.2 Å². The molecule has 1 fully saturated rings. The van der Waals surface area contributed by atoms with Gasteiger partial charge in [-0.1, -0.05) is 0 Å². The molecule has 1 rings (SSSR count). The average Bonchev–Trinajstić information content (AvgIpc) is 2.35. The van der Waals surface area contributed by atoms with Crippen molar-refractivity contribution in [1.29, 1.82) is 0 Å². The van der Waals surface area contributed by atoms with Crippen molar-refractivity contribution in [2.45, 2.75) is 18.8 Å². The van der Waals surface area contributed by atoms with E-state index in [1.54, 1.807) is 4.90 Å². The van der Waals surface area contributed by atoms with Crippen molar-refractivity contribution < 1.29 is 27.1 Å². The molecule has 1 heterocycles. The quantitative estimate of drug-likeness (QED) is 0.572. The van der Waals surface area contributed by atoms with Gasteiger partial charge in [-0.3, -0.25) is 4.79 Å². The summed E-state index contributed by atoms with van der Waals surface area (Å²) in [4.78, 5) is 13.1. The Labute approximate surface area is 102 Å². The molecule has 0 atom stereocenters. The number of hydrogen-bond donors (Lipinski definition) is 1. The van der Waals surface area contributed by atoms with Gasteiger partial charge >= 0.3 is 12.3 Å². The molecule has 0 aliphatic carbocycles. The molecule has 1 saturated heterocycles. The Morgan fingerprint density at radius 1 is 1.33 bits per heavy atom. The maximum Gasteiger partial charge on any atom is 0.330 e. The van der Waals surface area contributed by atoms with E-state index in [2.05, 4.69) is 10.1 Å². The number of nitrogens with one attached hydrogen (secondary N) is 1. The lowest BCUT2D eigenvalue weighted by Gasteiger charge is -2.27. The van der Waals surface area contributed by atoms with Gasteiger partial charge in [0.1, 0.15) is 6.61 Å². The molecule has 0 radical (unpaired) electrons. The summed E-state index contributed by atoms with van der Waals surface area (Å²) >= 11 is 0. The van der Waals surface area contributed by atoms with Gasteiger partial charge in [-0.25, -0.2) is 8.78 Å². The Bertz CT molecular complexity index is 271. The van der Waals surface area contributed by atoms with E-state index in [9.17, 15) is 22.4 Å². The molecule has 0 aromatic rings. The second-order valence-corrected chi connectivity index (χ2v) is 4.00. The molecule has 18 heavy (non-hydrogen) atoms. The summed E-state index contributed by atoms with van der Waals surface area (Å²) in [5, 5.41) is 3.06. The van der Waals surface area contributed by atoms with E-state index >= 15 is 0 Å².